The van der Waals surface area contributed by atoms with Crippen molar-refractivity contribution in [3.05, 3.63) is 37.1 Å². The molecule has 0 radical (unpaired) electrons. The molecular formula is C20H22N8O. The number of pyridine rings is 1. The molecular weight excluding hydrogens is 368 g/mol. The number of rotatable bonds is 4. The first kappa shape index (κ1) is 17.6. The van der Waals surface area contributed by atoms with Gasteiger partial charge in [0.2, 0.25) is 11.9 Å². The lowest BCUT2D eigenvalue weighted by Gasteiger charge is -2.29. The number of aromatic nitrogens is 6. The summed E-state index contributed by atoms with van der Waals surface area (Å²) in [6.07, 6.45) is 11.4. The normalized spacial score (nSPS) is 19.5. The Hall–Kier alpha value is -3.49. The standard InChI is InChI=1S/C20H22N8O/c1-12(29)24-14-3-5-15(6-4-14)25-20-22-9-17-16(8-21-19(17)26-20)13-2-7-18-27-23-11-28(18)10-13/h2,7-11,14-15H,3-6H2,1H3,(H,24,29)(H2,21,22,25,26). The summed E-state index contributed by atoms with van der Waals surface area (Å²) in [6, 6.07) is 4.56. The van der Waals surface area contributed by atoms with E-state index in [0.717, 1.165) is 53.5 Å². The molecule has 0 bridgehead atoms. The summed E-state index contributed by atoms with van der Waals surface area (Å²) in [6.45, 7) is 1.57. The fraction of sp³-hybridized carbons (Fsp3) is 0.350. The molecule has 5 rings (SSSR count). The summed E-state index contributed by atoms with van der Waals surface area (Å²) in [5.74, 6) is 0.671. The minimum absolute atomic E-state index is 0.0428. The van der Waals surface area contributed by atoms with E-state index in [1.807, 2.05) is 35.1 Å². The molecule has 148 valence electrons. The lowest BCUT2D eigenvalue weighted by molar-refractivity contribution is -0.119. The van der Waals surface area contributed by atoms with Gasteiger partial charge in [0.05, 0.1) is 0 Å². The third-order valence-electron chi connectivity index (χ3n) is 5.50. The van der Waals surface area contributed by atoms with Gasteiger partial charge in [-0.25, -0.2) is 4.98 Å². The van der Waals surface area contributed by atoms with Crippen LogP contribution in [-0.2, 0) is 4.79 Å². The van der Waals surface area contributed by atoms with E-state index in [1.54, 1.807) is 13.3 Å². The Kier molecular flexibility index (Phi) is 4.34. The molecule has 0 saturated heterocycles. The van der Waals surface area contributed by atoms with Crippen molar-refractivity contribution in [2.75, 3.05) is 5.32 Å². The molecule has 1 fully saturated rings. The Morgan fingerprint density at radius 3 is 2.86 bits per heavy atom. The zero-order valence-corrected chi connectivity index (χ0v) is 16.1. The first-order valence-corrected chi connectivity index (χ1v) is 9.83. The molecule has 1 saturated carbocycles. The fourth-order valence-corrected chi connectivity index (χ4v) is 4.05. The molecule has 0 atom stereocenters. The number of nitrogens with one attached hydrogen (secondary N) is 3. The maximum Gasteiger partial charge on any atom is 0.224 e. The van der Waals surface area contributed by atoms with Crippen molar-refractivity contribution >= 4 is 28.5 Å². The highest BCUT2D eigenvalue weighted by atomic mass is 16.1. The SMILES string of the molecule is CC(=O)NC1CCC(Nc2ncc3c(-c4ccc5nncn5c4)c[nH]c3n2)CC1. The zero-order chi connectivity index (χ0) is 19.8. The van der Waals surface area contributed by atoms with E-state index < -0.39 is 0 Å². The van der Waals surface area contributed by atoms with Crippen LogP contribution in [0, 0.1) is 0 Å². The summed E-state index contributed by atoms with van der Waals surface area (Å²) < 4.78 is 1.89. The number of carbonyl (C=O) groups is 1. The van der Waals surface area contributed by atoms with E-state index in [-0.39, 0.29) is 11.9 Å². The molecule has 4 aromatic rings. The van der Waals surface area contributed by atoms with Crippen molar-refractivity contribution in [3.8, 4) is 11.1 Å². The number of fused-ring (bicyclic) bond motifs is 2. The van der Waals surface area contributed by atoms with Crippen LogP contribution in [0.1, 0.15) is 32.6 Å². The van der Waals surface area contributed by atoms with Crippen molar-refractivity contribution in [1.29, 1.82) is 0 Å². The van der Waals surface area contributed by atoms with Gasteiger partial charge >= 0.3 is 0 Å². The van der Waals surface area contributed by atoms with Crippen LogP contribution in [0.4, 0.5) is 5.95 Å². The van der Waals surface area contributed by atoms with Crippen LogP contribution in [0.5, 0.6) is 0 Å². The predicted octanol–water partition coefficient (Wildman–Crippen LogP) is 2.53. The summed E-state index contributed by atoms with van der Waals surface area (Å²) in [5.41, 5.74) is 3.69. The Labute approximate surface area is 167 Å². The number of amides is 1. The molecule has 0 spiro atoms. The third kappa shape index (κ3) is 3.51. The number of anilines is 1. The lowest BCUT2D eigenvalue weighted by Crippen LogP contribution is -2.39. The summed E-state index contributed by atoms with van der Waals surface area (Å²) in [4.78, 5) is 23.7. The van der Waals surface area contributed by atoms with E-state index in [0.29, 0.717) is 12.0 Å². The van der Waals surface area contributed by atoms with E-state index in [1.165, 1.54) is 0 Å². The number of H-pyrrole nitrogens is 1. The predicted molar refractivity (Wildman–Crippen MR) is 109 cm³/mol. The van der Waals surface area contributed by atoms with Gasteiger partial charge in [-0.3, -0.25) is 9.20 Å². The summed E-state index contributed by atoms with van der Waals surface area (Å²) in [5, 5.41) is 15.4. The van der Waals surface area contributed by atoms with Gasteiger partial charge in [-0.05, 0) is 37.8 Å². The second-order valence-electron chi connectivity index (χ2n) is 7.57. The highest BCUT2D eigenvalue weighted by Crippen LogP contribution is 2.28. The average molecular weight is 390 g/mol. The second kappa shape index (κ2) is 7.16. The molecule has 9 nitrogen and oxygen atoms in total. The molecule has 29 heavy (non-hydrogen) atoms. The summed E-state index contributed by atoms with van der Waals surface area (Å²) in [7, 11) is 0. The van der Waals surface area contributed by atoms with Crippen molar-refractivity contribution in [1.82, 2.24) is 34.9 Å². The van der Waals surface area contributed by atoms with Crippen molar-refractivity contribution in [3.63, 3.8) is 0 Å². The van der Waals surface area contributed by atoms with E-state index in [4.69, 9.17) is 0 Å². The Morgan fingerprint density at radius 2 is 2.03 bits per heavy atom. The van der Waals surface area contributed by atoms with Gasteiger partial charge in [0, 0.05) is 54.1 Å². The van der Waals surface area contributed by atoms with Crippen LogP contribution < -0.4 is 10.6 Å². The molecule has 1 aliphatic rings. The molecule has 1 amide bonds. The number of hydrogen-bond donors (Lipinski definition) is 3. The molecule has 1 aliphatic carbocycles. The highest BCUT2D eigenvalue weighted by molar-refractivity contribution is 5.93. The van der Waals surface area contributed by atoms with Crippen LogP contribution in [0.15, 0.2) is 37.1 Å². The maximum absolute atomic E-state index is 11.2. The smallest absolute Gasteiger partial charge is 0.224 e. The Balaban J connectivity index is 1.32. The van der Waals surface area contributed by atoms with Crippen LogP contribution in [0.25, 0.3) is 27.8 Å². The number of aromatic amines is 1. The molecule has 9 heteroatoms. The molecule has 0 unspecified atom stereocenters. The van der Waals surface area contributed by atoms with E-state index in [9.17, 15) is 4.79 Å². The van der Waals surface area contributed by atoms with Crippen LogP contribution in [0.3, 0.4) is 0 Å². The van der Waals surface area contributed by atoms with Crippen molar-refractivity contribution in [2.45, 2.75) is 44.7 Å². The fourth-order valence-electron chi connectivity index (χ4n) is 4.05. The largest absolute Gasteiger partial charge is 0.354 e. The average Bonchev–Trinajstić information content (AvgIpc) is 3.35. The van der Waals surface area contributed by atoms with Crippen LogP contribution >= 0.6 is 0 Å². The number of carbonyl (C=O) groups excluding carboxylic acids is 1. The number of hydrogen-bond acceptors (Lipinski definition) is 6. The zero-order valence-electron chi connectivity index (χ0n) is 16.1. The topological polar surface area (TPSA) is 113 Å². The van der Waals surface area contributed by atoms with Gasteiger partial charge in [-0.15, -0.1) is 10.2 Å². The Bertz CT molecular complexity index is 1170. The first-order valence-electron chi connectivity index (χ1n) is 9.83. The minimum Gasteiger partial charge on any atom is -0.354 e. The highest BCUT2D eigenvalue weighted by Gasteiger charge is 2.22. The Morgan fingerprint density at radius 1 is 1.21 bits per heavy atom. The van der Waals surface area contributed by atoms with Crippen LogP contribution in [0.2, 0.25) is 0 Å². The minimum atomic E-state index is 0.0428. The van der Waals surface area contributed by atoms with Gasteiger partial charge in [-0.2, -0.15) is 4.98 Å². The first-order chi connectivity index (χ1) is 14.2. The molecule has 4 heterocycles. The van der Waals surface area contributed by atoms with Gasteiger partial charge in [-0.1, -0.05) is 0 Å². The van der Waals surface area contributed by atoms with Gasteiger partial charge in [0.1, 0.15) is 12.0 Å². The quantitative estimate of drug-likeness (QED) is 0.494. The summed E-state index contributed by atoms with van der Waals surface area (Å²) >= 11 is 0. The maximum atomic E-state index is 11.2. The van der Waals surface area contributed by atoms with Gasteiger partial charge in [0.15, 0.2) is 5.65 Å². The second-order valence-corrected chi connectivity index (χ2v) is 7.57. The third-order valence-corrected chi connectivity index (χ3v) is 5.50. The molecule has 4 aromatic heterocycles. The number of nitrogens with zero attached hydrogens (tertiary/aromatic N) is 5. The monoisotopic (exact) mass is 390 g/mol. The van der Waals surface area contributed by atoms with E-state index >= 15 is 0 Å². The van der Waals surface area contributed by atoms with Crippen molar-refractivity contribution in [2.24, 2.45) is 0 Å². The molecule has 0 aromatic carbocycles. The van der Waals surface area contributed by atoms with Gasteiger partial charge < -0.3 is 15.6 Å². The van der Waals surface area contributed by atoms with Crippen molar-refractivity contribution < 1.29 is 4.79 Å². The lowest BCUT2D eigenvalue weighted by atomic mass is 9.91. The molecule has 0 aliphatic heterocycles. The van der Waals surface area contributed by atoms with Gasteiger partial charge in [0.25, 0.3) is 0 Å². The van der Waals surface area contributed by atoms with Crippen LogP contribution in [-0.4, -0.2) is 47.5 Å². The molecule has 3 N–H and O–H groups in total. The van der Waals surface area contributed by atoms with E-state index in [2.05, 4.69) is 35.8 Å².